The molecule has 6 nitrogen and oxygen atoms in total. The Balaban J connectivity index is 2.70. The van der Waals surface area contributed by atoms with Crippen molar-refractivity contribution in [2.45, 2.75) is 39.7 Å². The number of rotatable bonds is 5. The highest BCUT2D eigenvalue weighted by Gasteiger charge is 2.16. The molecule has 0 spiro atoms. The highest BCUT2D eigenvalue weighted by molar-refractivity contribution is 5.69. The van der Waals surface area contributed by atoms with Crippen LogP contribution >= 0.6 is 0 Å². The van der Waals surface area contributed by atoms with E-state index < -0.39 is 0 Å². The van der Waals surface area contributed by atoms with Gasteiger partial charge < -0.3 is 14.6 Å². The SMILES string of the molecule is CCOC(=O)CCNc1nccn(C(C)(C)C)c1=O. The molecule has 6 heteroatoms. The van der Waals surface area contributed by atoms with Crippen molar-refractivity contribution in [1.82, 2.24) is 9.55 Å². The number of hydrogen-bond acceptors (Lipinski definition) is 5. The lowest BCUT2D eigenvalue weighted by Crippen LogP contribution is -2.35. The molecule has 106 valence electrons. The fourth-order valence-corrected chi connectivity index (χ4v) is 1.58. The minimum Gasteiger partial charge on any atom is -0.466 e. The predicted octanol–water partition coefficient (Wildman–Crippen LogP) is 1.36. The van der Waals surface area contributed by atoms with Gasteiger partial charge in [0.05, 0.1) is 13.0 Å². The number of carbonyl (C=O) groups excluding carboxylic acids is 1. The molecule has 1 rings (SSSR count). The molecular weight excluding hydrogens is 246 g/mol. The summed E-state index contributed by atoms with van der Waals surface area (Å²) in [6.07, 6.45) is 3.43. The third kappa shape index (κ3) is 4.39. The van der Waals surface area contributed by atoms with Gasteiger partial charge in [-0.05, 0) is 27.7 Å². The second kappa shape index (κ2) is 6.36. The van der Waals surface area contributed by atoms with E-state index in [0.717, 1.165) is 0 Å². The monoisotopic (exact) mass is 267 g/mol. The molecule has 1 N–H and O–H groups in total. The highest BCUT2D eigenvalue weighted by Crippen LogP contribution is 2.10. The van der Waals surface area contributed by atoms with E-state index in [1.807, 2.05) is 20.8 Å². The molecule has 19 heavy (non-hydrogen) atoms. The Kier molecular flexibility index (Phi) is 5.09. The van der Waals surface area contributed by atoms with Crippen LogP contribution in [0.15, 0.2) is 17.2 Å². The number of carbonyl (C=O) groups is 1. The van der Waals surface area contributed by atoms with Crippen molar-refractivity contribution >= 4 is 11.8 Å². The molecule has 0 radical (unpaired) electrons. The molecule has 0 aliphatic heterocycles. The summed E-state index contributed by atoms with van der Waals surface area (Å²) in [5.74, 6) is -0.0381. The van der Waals surface area contributed by atoms with Crippen LogP contribution in [0.2, 0.25) is 0 Å². The average Bonchev–Trinajstić information content (AvgIpc) is 2.30. The van der Waals surface area contributed by atoms with Gasteiger partial charge in [0.25, 0.3) is 5.56 Å². The molecule has 0 unspecified atom stereocenters. The van der Waals surface area contributed by atoms with Crippen LogP contribution in [-0.4, -0.2) is 28.7 Å². The number of aromatic nitrogens is 2. The van der Waals surface area contributed by atoms with E-state index >= 15 is 0 Å². The molecule has 1 aromatic rings. The van der Waals surface area contributed by atoms with Crippen LogP contribution in [0.3, 0.4) is 0 Å². The Bertz CT molecular complexity index is 489. The van der Waals surface area contributed by atoms with Crippen molar-refractivity contribution in [3.05, 3.63) is 22.7 Å². The van der Waals surface area contributed by atoms with Crippen LogP contribution in [0.1, 0.15) is 34.1 Å². The van der Waals surface area contributed by atoms with E-state index in [9.17, 15) is 9.59 Å². The first-order valence-electron chi connectivity index (χ1n) is 6.34. The Morgan fingerprint density at radius 3 is 2.74 bits per heavy atom. The lowest BCUT2D eigenvalue weighted by molar-refractivity contribution is -0.142. The fraction of sp³-hybridized carbons (Fsp3) is 0.615. The first-order valence-corrected chi connectivity index (χ1v) is 6.34. The summed E-state index contributed by atoms with van der Waals surface area (Å²) in [4.78, 5) is 27.3. The summed E-state index contributed by atoms with van der Waals surface area (Å²) in [5, 5.41) is 2.87. The Hall–Kier alpha value is -1.85. The molecular formula is C13H21N3O3. The summed E-state index contributed by atoms with van der Waals surface area (Å²) in [7, 11) is 0. The van der Waals surface area contributed by atoms with Crippen molar-refractivity contribution in [1.29, 1.82) is 0 Å². The first kappa shape index (κ1) is 15.2. The minimum atomic E-state index is -0.308. The minimum absolute atomic E-state index is 0.196. The Morgan fingerprint density at radius 2 is 2.16 bits per heavy atom. The predicted molar refractivity (Wildman–Crippen MR) is 73.2 cm³/mol. The zero-order chi connectivity index (χ0) is 14.5. The van der Waals surface area contributed by atoms with E-state index in [0.29, 0.717) is 13.2 Å². The maximum atomic E-state index is 12.1. The lowest BCUT2D eigenvalue weighted by atomic mass is 10.1. The third-order valence-corrected chi connectivity index (χ3v) is 2.49. The van der Waals surface area contributed by atoms with Gasteiger partial charge in [-0.25, -0.2) is 4.98 Å². The maximum absolute atomic E-state index is 12.1. The molecule has 0 aliphatic carbocycles. The maximum Gasteiger partial charge on any atom is 0.307 e. The summed E-state index contributed by atoms with van der Waals surface area (Å²) in [6.45, 7) is 8.27. The highest BCUT2D eigenvalue weighted by atomic mass is 16.5. The zero-order valence-electron chi connectivity index (χ0n) is 11.9. The fourth-order valence-electron chi connectivity index (χ4n) is 1.58. The van der Waals surface area contributed by atoms with Crippen molar-refractivity contribution < 1.29 is 9.53 Å². The quantitative estimate of drug-likeness (QED) is 0.815. The van der Waals surface area contributed by atoms with Crippen LogP contribution < -0.4 is 10.9 Å². The van der Waals surface area contributed by atoms with Crippen molar-refractivity contribution in [3.63, 3.8) is 0 Å². The van der Waals surface area contributed by atoms with Gasteiger partial charge in [-0.2, -0.15) is 0 Å². The second-order valence-electron chi connectivity index (χ2n) is 5.10. The van der Waals surface area contributed by atoms with Crippen LogP contribution in [0.4, 0.5) is 5.82 Å². The van der Waals surface area contributed by atoms with Crippen molar-refractivity contribution in [2.24, 2.45) is 0 Å². The molecule has 0 atom stereocenters. The summed E-state index contributed by atoms with van der Waals surface area (Å²) < 4.78 is 6.41. The van der Waals surface area contributed by atoms with Crippen LogP contribution in [0, 0.1) is 0 Å². The van der Waals surface area contributed by atoms with Crippen LogP contribution in [0.25, 0.3) is 0 Å². The van der Waals surface area contributed by atoms with Gasteiger partial charge in [-0.3, -0.25) is 9.59 Å². The summed E-state index contributed by atoms with van der Waals surface area (Å²) >= 11 is 0. The summed E-state index contributed by atoms with van der Waals surface area (Å²) in [5.41, 5.74) is -0.503. The van der Waals surface area contributed by atoms with Gasteiger partial charge in [0, 0.05) is 24.5 Å². The standard InChI is InChI=1S/C13H21N3O3/c1-5-19-10(17)6-7-14-11-12(18)16(9-8-15-11)13(2,3)4/h8-9H,5-7H2,1-4H3,(H,14,15). The molecule has 0 bridgehead atoms. The molecule has 1 heterocycles. The van der Waals surface area contributed by atoms with Gasteiger partial charge >= 0.3 is 5.97 Å². The number of nitrogens with zero attached hydrogens (tertiary/aromatic N) is 2. The number of anilines is 1. The average molecular weight is 267 g/mol. The van der Waals surface area contributed by atoms with Crippen molar-refractivity contribution in [3.8, 4) is 0 Å². The van der Waals surface area contributed by atoms with Gasteiger partial charge in [-0.1, -0.05) is 0 Å². The number of esters is 1. The zero-order valence-corrected chi connectivity index (χ0v) is 11.9. The summed E-state index contributed by atoms with van der Waals surface area (Å²) in [6, 6.07) is 0. The van der Waals surface area contributed by atoms with E-state index in [2.05, 4.69) is 10.3 Å². The lowest BCUT2D eigenvalue weighted by Gasteiger charge is -2.22. The van der Waals surface area contributed by atoms with Gasteiger partial charge in [0.1, 0.15) is 0 Å². The normalized spacial score (nSPS) is 11.2. The van der Waals surface area contributed by atoms with Gasteiger partial charge in [0.15, 0.2) is 5.82 Å². The molecule has 0 fully saturated rings. The Morgan fingerprint density at radius 1 is 1.47 bits per heavy atom. The number of ether oxygens (including phenoxy) is 1. The van der Waals surface area contributed by atoms with E-state index in [-0.39, 0.29) is 29.3 Å². The number of hydrogen-bond donors (Lipinski definition) is 1. The second-order valence-corrected chi connectivity index (χ2v) is 5.10. The van der Waals surface area contributed by atoms with Crippen LogP contribution in [-0.2, 0) is 15.1 Å². The Labute approximate surface area is 112 Å². The van der Waals surface area contributed by atoms with Crippen LogP contribution in [0.5, 0.6) is 0 Å². The smallest absolute Gasteiger partial charge is 0.307 e. The topological polar surface area (TPSA) is 73.2 Å². The third-order valence-electron chi connectivity index (χ3n) is 2.49. The molecule has 0 saturated heterocycles. The largest absolute Gasteiger partial charge is 0.466 e. The van der Waals surface area contributed by atoms with Crippen molar-refractivity contribution in [2.75, 3.05) is 18.5 Å². The molecule has 1 aromatic heterocycles. The van der Waals surface area contributed by atoms with E-state index in [1.165, 1.54) is 0 Å². The first-order chi connectivity index (χ1) is 8.86. The molecule has 0 saturated carbocycles. The number of nitrogens with one attached hydrogen (secondary N) is 1. The molecule has 0 aliphatic rings. The van der Waals surface area contributed by atoms with Gasteiger partial charge in [0.2, 0.25) is 0 Å². The van der Waals surface area contributed by atoms with E-state index in [1.54, 1.807) is 23.9 Å². The molecule has 0 amide bonds. The molecule has 0 aromatic carbocycles. The van der Waals surface area contributed by atoms with E-state index in [4.69, 9.17) is 4.74 Å². The van der Waals surface area contributed by atoms with Gasteiger partial charge in [-0.15, -0.1) is 0 Å².